The maximum absolute atomic E-state index is 13.4. The maximum Gasteiger partial charge on any atom is 0.246 e. The summed E-state index contributed by atoms with van der Waals surface area (Å²) >= 11 is 0. The highest BCUT2D eigenvalue weighted by molar-refractivity contribution is 6.03. The molecule has 0 aromatic heterocycles. The summed E-state index contributed by atoms with van der Waals surface area (Å²) in [5.41, 5.74) is 4.85. The number of carbonyl (C=O) groups excluding carboxylic acids is 6. The minimum absolute atomic E-state index is 0.0708. The van der Waals surface area contributed by atoms with Gasteiger partial charge in [0.2, 0.25) is 35.4 Å². The lowest BCUT2D eigenvalue weighted by Gasteiger charge is -2.25. The van der Waals surface area contributed by atoms with Gasteiger partial charge in [0.1, 0.15) is 6.04 Å². The molecule has 0 radical (unpaired) electrons. The number of hydrogen-bond donors (Lipinski definition) is 6. The highest BCUT2D eigenvalue weighted by atomic mass is 16.3. The minimum Gasteiger partial charge on any atom is -0.392 e. The third-order valence-electron chi connectivity index (χ3n) is 7.46. The van der Waals surface area contributed by atoms with Crippen LogP contribution in [-0.2, 0) is 48.2 Å². The third kappa shape index (κ3) is 9.96. The molecule has 0 bridgehead atoms. The summed E-state index contributed by atoms with van der Waals surface area (Å²) in [4.78, 5) is 76.2. The number of amides is 6. The number of aryl methyl sites for hydroxylation is 2. The lowest BCUT2D eigenvalue weighted by molar-refractivity contribution is -0.129. The molecule has 0 saturated heterocycles. The number of aliphatic hydroxyl groups excluding tert-OH is 1. The molecule has 1 aliphatic heterocycles. The van der Waals surface area contributed by atoms with Crippen molar-refractivity contribution in [2.75, 3.05) is 29.9 Å². The van der Waals surface area contributed by atoms with Gasteiger partial charge in [0.15, 0.2) is 0 Å². The van der Waals surface area contributed by atoms with Crippen LogP contribution in [0.3, 0.4) is 0 Å². The van der Waals surface area contributed by atoms with Crippen molar-refractivity contribution in [2.24, 2.45) is 0 Å². The fraction of sp³-hybridized carbons (Fsp3) is 0.294. The number of aliphatic hydroxyl groups is 1. The Morgan fingerprint density at radius 2 is 1.19 bits per heavy atom. The maximum atomic E-state index is 13.4. The Balaban J connectivity index is 1.13. The average Bonchev–Trinajstić information content (AvgIpc) is 3.25. The zero-order chi connectivity index (χ0) is 33.8. The van der Waals surface area contributed by atoms with Crippen molar-refractivity contribution in [3.63, 3.8) is 0 Å². The van der Waals surface area contributed by atoms with Gasteiger partial charge in [0, 0.05) is 18.5 Å². The minimum atomic E-state index is -0.897. The molecule has 3 aromatic carbocycles. The molecule has 0 spiro atoms. The summed E-state index contributed by atoms with van der Waals surface area (Å²) < 4.78 is 0. The summed E-state index contributed by atoms with van der Waals surface area (Å²) in [6, 6.07) is 21.0. The van der Waals surface area contributed by atoms with Crippen molar-refractivity contribution < 1.29 is 33.9 Å². The Bertz CT molecular complexity index is 1580. The molecular weight excluding hydrogens is 604 g/mol. The Morgan fingerprint density at radius 3 is 1.74 bits per heavy atom. The van der Waals surface area contributed by atoms with Crippen LogP contribution in [0.25, 0.3) is 0 Å². The first-order valence-corrected chi connectivity index (χ1v) is 15.2. The van der Waals surface area contributed by atoms with Gasteiger partial charge in [-0.1, -0.05) is 48.5 Å². The van der Waals surface area contributed by atoms with Crippen LogP contribution in [0.2, 0.25) is 0 Å². The van der Waals surface area contributed by atoms with E-state index in [1.54, 1.807) is 29.2 Å². The van der Waals surface area contributed by atoms with Crippen LogP contribution < -0.4 is 31.5 Å². The van der Waals surface area contributed by atoms with E-state index in [0.29, 0.717) is 11.3 Å². The van der Waals surface area contributed by atoms with Gasteiger partial charge in [0.05, 0.1) is 37.6 Å². The van der Waals surface area contributed by atoms with Crippen LogP contribution in [0.5, 0.6) is 0 Å². The van der Waals surface area contributed by atoms with E-state index in [4.69, 9.17) is 5.11 Å². The van der Waals surface area contributed by atoms with E-state index < -0.39 is 55.2 Å². The van der Waals surface area contributed by atoms with E-state index >= 15 is 0 Å². The second-order valence-electron chi connectivity index (χ2n) is 11.0. The SMILES string of the molecule is C[C@H](NC(=O)CNC(=O)CNC(=O)CNC(=O)CCC(=O)N1c2ccccc2CCc2ccccc21)C(=O)Nc1ccc(CO)cc1. The van der Waals surface area contributed by atoms with Gasteiger partial charge < -0.3 is 31.7 Å². The van der Waals surface area contributed by atoms with Crippen molar-refractivity contribution >= 4 is 52.5 Å². The number of benzene rings is 3. The second kappa shape index (κ2) is 16.7. The predicted molar refractivity (Wildman–Crippen MR) is 174 cm³/mol. The summed E-state index contributed by atoms with van der Waals surface area (Å²) in [7, 11) is 0. The highest BCUT2D eigenvalue weighted by Crippen LogP contribution is 2.36. The average molecular weight is 643 g/mol. The molecule has 0 unspecified atom stereocenters. The fourth-order valence-electron chi connectivity index (χ4n) is 4.93. The predicted octanol–water partition coefficient (Wildman–Crippen LogP) is 1.21. The Labute approximate surface area is 272 Å². The number of fused-ring (bicyclic) bond motifs is 2. The van der Waals surface area contributed by atoms with Gasteiger partial charge in [0.25, 0.3) is 0 Å². The molecule has 1 heterocycles. The molecule has 0 fully saturated rings. The number of para-hydroxylation sites is 2. The number of hydrogen-bond acceptors (Lipinski definition) is 7. The molecule has 1 atom stereocenters. The molecule has 3 aromatic rings. The molecule has 6 amide bonds. The Hall–Kier alpha value is -5.56. The zero-order valence-corrected chi connectivity index (χ0v) is 26.0. The van der Waals surface area contributed by atoms with Gasteiger partial charge in [-0.25, -0.2) is 0 Å². The molecule has 1 aliphatic rings. The number of anilines is 3. The first-order valence-electron chi connectivity index (χ1n) is 15.2. The van der Waals surface area contributed by atoms with Crippen LogP contribution in [0.15, 0.2) is 72.8 Å². The summed E-state index contributed by atoms with van der Waals surface area (Å²) in [6.07, 6.45) is 1.38. The lowest BCUT2D eigenvalue weighted by Crippen LogP contribution is -2.47. The van der Waals surface area contributed by atoms with E-state index in [2.05, 4.69) is 26.6 Å². The second-order valence-corrected chi connectivity index (χ2v) is 11.0. The molecule has 0 saturated carbocycles. The molecule has 6 N–H and O–H groups in total. The molecule has 246 valence electrons. The smallest absolute Gasteiger partial charge is 0.246 e. The summed E-state index contributed by atoms with van der Waals surface area (Å²) in [5.74, 6) is -3.10. The molecule has 47 heavy (non-hydrogen) atoms. The van der Waals surface area contributed by atoms with Gasteiger partial charge in [-0.15, -0.1) is 0 Å². The van der Waals surface area contributed by atoms with Crippen molar-refractivity contribution in [3.05, 3.63) is 89.5 Å². The van der Waals surface area contributed by atoms with E-state index in [-0.39, 0.29) is 25.4 Å². The van der Waals surface area contributed by atoms with Gasteiger partial charge >= 0.3 is 0 Å². The largest absolute Gasteiger partial charge is 0.392 e. The van der Waals surface area contributed by atoms with E-state index in [0.717, 1.165) is 35.3 Å². The monoisotopic (exact) mass is 642 g/mol. The quantitative estimate of drug-likeness (QED) is 0.162. The van der Waals surface area contributed by atoms with Crippen molar-refractivity contribution in [1.82, 2.24) is 21.3 Å². The van der Waals surface area contributed by atoms with E-state index in [1.165, 1.54) is 6.92 Å². The zero-order valence-electron chi connectivity index (χ0n) is 26.0. The van der Waals surface area contributed by atoms with Crippen LogP contribution in [0.4, 0.5) is 17.1 Å². The summed E-state index contributed by atoms with van der Waals surface area (Å²) in [6.45, 7) is 0.101. The van der Waals surface area contributed by atoms with Gasteiger partial charge in [-0.05, 0) is 60.7 Å². The normalized spacial score (nSPS) is 12.3. The lowest BCUT2D eigenvalue weighted by atomic mass is 10.0. The molecule has 13 heteroatoms. The van der Waals surface area contributed by atoms with Crippen molar-refractivity contribution in [3.8, 4) is 0 Å². The van der Waals surface area contributed by atoms with Crippen LogP contribution in [0.1, 0.15) is 36.5 Å². The molecule has 13 nitrogen and oxygen atoms in total. The van der Waals surface area contributed by atoms with Crippen molar-refractivity contribution in [2.45, 2.75) is 45.3 Å². The first-order chi connectivity index (χ1) is 22.6. The van der Waals surface area contributed by atoms with Gasteiger partial charge in [-0.3, -0.25) is 33.7 Å². The van der Waals surface area contributed by atoms with E-state index in [9.17, 15) is 28.8 Å². The molecule has 4 rings (SSSR count). The van der Waals surface area contributed by atoms with Crippen molar-refractivity contribution in [1.29, 1.82) is 0 Å². The number of carbonyl (C=O) groups is 6. The van der Waals surface area contributed by atoms with E-state index in [1.807, 2.05) is 48.5 Å². The Morgan fingerprint density at radius 1 is 0.681 bits per heavy atom. The van der Waals surface area contributed by atoms with Crippen LogP contribution in [-0.4, -0.2) is 66.2 Å². The van der Waals surface area contributed by atoms with Crippen LogP contribution in [0, 0.1) is 0 Å². The third-order valence-corrected chi connectivity index (χ3v) is 7.46. The standard InChI is InChI=1S/C34H38N6O7/c1-22(34(47)39-26-14-10-23(21-41)11-15-26)38-32(45)20-37-31(44)19-36-30(43)18-35-29(42)16-17-33(46)40-27-8-4-2-6-24(27)12-13-25-7-3-5-9-28(25)40/h2-11,14-15,22,41H,12-13,16-21H2,1H3,(H,35,42)(H,36,43)(H,37,44)(H,38,45)(H,39,47)/t22-/m0/s1. The topological polar surface area (TPSA) is 186 Å². The van der Waals surface area contributed by atoms with Crippen LogP contribution >= 0.6 is 0 Å². The summed E-state index contributed by atoms with van der Waals surface area (Å²) in [5, 5.41) is 21.3. The number of rotatable bonds is 13. The Kier molecular flexibility index (Phi) is 12.2. The van der Waals surface area contributed by atoms with Gasteiger partial charge in [-0.2, -0.15) is 0 Å². The fourth-order valence-corrected chi connectivity index (χ4v) is 4.93. The highest BCUT2D eigenvalue weighted by Gasteiger charge is 2.26. The molecule has 0 aliphatic carbocycles. The number of nitrogens with zero attached hydrogens (tertiary/aromatic N) is 1. The number of nitrogens with one attached hydrogen (secondary N) is 5. The first kappa shape index (κ1) is 34.3. The molecular formula is C34H38N6O7.